The summed E-state index contributed by atoms with van der Waals surface area (Å²) in [6.07, 6.45) is -0.609. The molecule has 0 unspecified atom stereocenters. The van der Waals surface area contributed by atoms with E-state index in [0.717, 1.165) is 11.5 Å². The number of carbonyl (C=O) groups is 2. The van der Waals surface area contributed by atoms with Gasteiger partial charge in [-0.1, -0.05) is 4.49 Å². The number of alkyl carbamates (subject to hydrolysis) is 1. The Bertz CT molecular complexity index is 424. The smallest absolute Gasteiger partial charge is 0.407 e. The number of carbonyl (C=O) groups excluding carboxylic acids is 1. The Balaban J connectivity index is 2.53. The third-order valence-corrected chi connectivity index (χ3v) is 2.27. The number of aromatic carboxylic acids is 1. The number of rotatable bonds is 3. The van der Waals surface area contributed by atoms with Gasteiger partial charge in [0.05, 0.1) is 11.4 Å². The summed E-state index contributed by atoms with van der Waals surface area (Å²) in [4.78, 5) is 22.4. The molecule has 0 aliphatic carbocycles. The van der Waals surface area contributed by atoms with Crippen molar-refractivity contribution in [1.82, 2.24) is 14.9 Å². The monoisotopic (exact) mass is 259 g/mol. The summed E-state index contributed by atoms with van der Waals surface area (Å²) >= 11 is 0.926. The van der Waals surface area contributed by atoms with Gasteiger partial charge in [0.1, 0.15) is 5.60 Å². The number of amides is 1. The minimum atomic E-state index is -1.17. The van der Waals surface area contributed by atoms with Crippen LogP contribution in [-0.4, -0.2) is 32.4 Å². The molecule has 0 aromatic carbocycles. The number of nitrogens with zero attached hydrogens (tertiary/aromatic N) is 2. The summed E-state index contributed by atoms with van der Waals surface area (Å²) in [6.45, 7) is 5.25. The minimum absolute atomic E-state index is 0.0359. The van der Waals surface area contributed by atoms with E-state index in [4.69, 9.17) is 9.84 Å². The quantitative estimate of drug-likeness (QED) is 0.847. The molecule has 7 nitrogen and oxygen atoms in total. The SMILES string of the molecule is CC(C)(C)OC(=O)NCc1snnc1C(=O)O. The van der Waals surface area contributed by atoms with Gasteiger partial charge in [-0.05, 0) is 32.3 Å². The molecular formula is C9H13N3O4S. The second-order valence-electron chi connectivity index (χ2n) is 4.21. The van der Waals surface area contributed by atoms with Crippen molar-refractivity contribution in [3.05, 3.63) is 10.6 Å². The van der Waals surface area contributed by atoms with Gasteiger partial charge in [0, 0.05) is 0 Å². The average molecular weight is 259 g/mol. The van der Waals surface area contributed by atoms with Crippen molar-refractivity contribution in [2.75, 3.05) is 0 Å². The molecule has 17 heavy (non-hydrogen) atoms. The number of ether oxygens (including phenoxy) is 1. The number of carboxylic acid groups (broad SMARTS) is 1. The number of carboxylic acids is 1. The van der Waals surface area contributed by atoms with E-state index in [0.29, 0.717) is 4.88 Å². The Morgan fingerprint density at radius 3 is 2.65 bits per heavy atom. The topological polar surface area (TPSA) is 101 Å². The van der Waals surface area contributed by atoms with Gasteiger partial charge in [-0.3, -0.25) is 0 Å². The maximum atomic E-state index is 11.3. The number of nitrogens with one attached hydrogen (secondary N) is 1. The van der Waals surface area contributed by atoms with Crippen molar-refractivity contribution in [1.29, 1.82) is 0 Å². The molecule has 94 valence electrons. The Hall–Kier alpha value is -1.70. The molecule has 1 aromatic rings. The van der Waals surface area contributed by atoms with E-state index >= 15 is 0 Å². The molecule has 1 aromatic heterocycles. The molecule has 0 atom stereocenters. The predicted molar refractivity (Wildman–Crippen MR) is 59.9 cm³/mol. The third-order valence-electron chi connectivity index (χ3n) is 1.55. The highest BCUT2D eigenvalue weighted by atomic mass is 32.1. The first kappa shape index (κ1) is 13.4. The predicted octanol–water partition coefficient (Wildman–Crippen LogP) is 1.26. The van der Waals surface area contributed by atoms with Gasteiger partial charge in [0.2, 0.25) is 0 Å². The van der Waals surface area contributed by atoms with Crippen LogP contribution in [0.3, 0.4) is 0 Å². The van der Waals surface area contributed by atoms with Crippen LogP contribution < -0.4 is 5.32 Å². The Morgan fingerprint density at radius 2 is 2.12 bits per heavy atom. The van der Waals surface area contributed by atoms with Gasteiger partial charge < -0.3 is 15.2 Å². The fourth-order valence-electron chi connectivity index (χ4n) is 0.954. The first-order valence-corrected chi connectivity index (χ1v) is 5.58. The van der Waals surface area contributed by atoms with Gasteiger partial charge >= 0.3 is 12.1 Å². The number of hydrogen-bond donors (Lipinski definition) is 2. The molecule has 0 saturated heterocycles. The Labute approximate surface area is 102 Å². The van der Waals surface area contributed by atoms with E-state index in [9.17, 15) is 9.59 Å². The summed E-state index contributed by atoms with van der Waals surface area (Å²) in [6, 6.07) is 0. The summed E-state index contributed by atoms with van der Waals surface area (Å²) < 4.78 is 8.52. The summed E-state index contributed by atoms with van der Waals surface area (Å²) in [5.41, 5.74) is -0.739. The van der Waals surface area contributed by atoms with Crippen molar-refractivity contribution in [2.24, 2.45) is 0 Å². The van der Waals surface area contributed by atoms with Gasteiger partial charge in [-0.25, -0.2) is 9.59 Å². The summed E-state index contributed by atoms with van der Waals surface area (Å²) in [7, 11) is 0. The number of hydrogen-bond acceptors (Lipinski definition) is 6. The lowest BCUT2D eigenvalue weighted by Crippen LogP contribution is -2.32. The maximum absolute atomic E-state index is 11.3. The largest absolute Gasteiger partial charge is 0.476 e. The van der Waals surface area contributed by atoms with E-state index in [1.54, 1.807) is 20.8 Å². The van der Waals surface area contributed by atoms with Gasteiger partial charge in [-0.2, -0.15) is 0 Å². The molecule has 0 radical (unpaired) electrons. The van der Waals surface area contributed by atoms with Crippen LogP contribution >= 0.6 is 11.5 Å². The van der Waals surface area contributed by atoms with E-state index in [1.807, 2.05) is 0 Å². The van der Waals surface area contributed by atoms with Crippen molar-refractivity contribution in [3.8, 4) is 0 Å². The van der Waals surface area contributed by atoms with E-state index < -0.39 is 17.7 Å². The zero-order valence-electron chi connectivity index (χ0n) is 9.68. The highest BCUT2D eigenvalue weighted by molar-refractivity contribution is 7.05. The molecule has 2 N–H and O–H groups in total. The molecule has 0 aliphatic heterocycles. The zero-order valence-corrected chi connectivity index (χ0v) is 10.5. The first-order chi connectivity index (χ1) is 7.79. The van der Waals surface area contributed by atoms with Gasteiger partial charge in [0.15, 0.2) is 5.69 Å². The van der Waals surface area contributed by atoms with Crippen LogP contribution in [0.5, 0.6) is 0 Å². The molecule has 1 amide bonds. The maximum Gasteiger partial charge on any atom is 0.407 e. The van der Waals surface area contributed by atoms with Crippen LogP contribution in [-0.2, 0) is 11.3 Å². The van der Waals surface area contributed by atoms with E-state index in [2.05, 4.69) is 14.9 Å². The van der Waals surface area contributed by atoms with Gasteiger partial charge in [-0.15, -0.1) is 5.10 Å². The van der Waals surface area contributed by atoms with Crippen LogP contribution in [0.15, 0.2) is 0 Å². The fraction of sp³-hybridized carbons (Fsp3) is 0.556. The van der Waals surface area contributed by atoms with Crippen LogP contribution in [0, 0.1) is 0 Å². The molecule has 0 spiro atoms. The minimum Gasteiger partial charge on any atom is -0.476 e. The molecular weight excluding hydrogens is 246 g/mol. The van der Waals surface area contributed by atoms with Crippen LogP contribution in [0.2, 0.25) is 0 Å². The van der Waals surface area contributed by atoms with Crippen LogP contribution in [0.4, 0.5) is 4.79 Å². The highest BCUT2D eigenvalue weighted by Crippen LogP contribution is 2.11. The average Bonchev–Trinajstić information content (AvgIpc) is 2.59. The molecule has 0 saturated carbocycles. The number of aromatic nitrogens is 2. The molecule has 0 aliphatic rings. The normalized spacial score (nSPS) is 11.0. The summed E-state index contributed by atoms with van der Waals surface area (Å²) in [5.74, 6) is -1.17. The zero-order chi connectivity index (χ0) is 13.1. The van der Waals surface area contributed by atoms with Crippen LogP contribution in [0.25, 0.3) is 0 Å². The Kier molecular flexibility index (Phi) is 4.00. The summed E-state index contributed by atoms with van der Waals surface area (Å²) in [5, 5.41) is 14.7. The lowest BCUT2D eigenvalue weighted by atomic mass is 10.2. The second kappa shape index (κ2) is 5.09. The lowest BCUT2D eigenvalue weighted by molar-refractivity contribution is 0.0521. The van der Waals surface area contributed by atoms with Crippen molar-refractivity contribution < 1.29 is 19.4 Å². The molecule has 0 fully saturated rings. The molecule has 0 bridgehead atoms. The fourth-order valence-corrected chi connectivity index (χ4v) is 1.53. The second-order valence-corrected chi connectivity index (χ2v) is 5.04. The third kappa shape index (κ3) is 4.35. The lowest BCUT2D eigenvalue weighted by Gasteiger charge is -2.19. The van der Waals surface area contributed by atoms with E-state index in [-0.39, 0.29) is 12.2 Å². The van der Waals surface area contributed by atoms with Crippen molar-refractivity contribution in [3.63, 3.8) is 0 Å². The first-order valence-electron chi connectivity index (χ1n) is 4.81. The highest BCUT2D eigenvalue weighted by Gasteiger charge is 2.18. The molecule has 1 heterocycles. The standard InChI is InChI=1S/C9H13N3O4S/c1-9(2,3)16-8(15)10-4-5-6(7(13)14)11-12-17-5/h4H2,1-3H3,(H,10,15)(H,13,14). The van der Waals surface area contributed by atoms with Crippen molar-refractivity contribution in [2.45, 2.75) is 32.9 Å². The van der Waals surface area contributed by atoms with Crippen LogP contribution in [0.1, 0.15) is 36.1 Å². The molecule has 1 rings (SSSR count). The van der Waals surface area contributed by atoms with E-state index in [1.165, 1.54) is 0 Å². The van der Waals surface area contributed by atoms with Crippen molar-refractivity contribution >= 4 is 23.6 Å². The molecule has 8 heteroatoms. The Morgan fingerprint density at radius 1 is 1.47 bits per heavy atom. The van der Waals surface area contributed by atoms with Gasteiger partial charge in [0.25, 0.3) is 0 Å².